The van der Waals surface area contributed by atoms with Gasteiger partial charge in [0.25, 0.3) is 0 Å². The van der Waals surface area contributed by atoms with Crippen molar-refractivity contribution in [3.05, 3.63) is 47.2 Å². The molecule has 0 bridgehead atoms. The molecule has 2 aromatic rings. The molecule has 2 N–H and O–H groups in total. The molecule has 0 fully saturated rings. The average Bonchev–Trinajstić information content (AvgIpc) is 2.32. The van der Waals surface area contributed by atoms with E-state index in [0.717, 1.165) is 0 Å². The molecule has 86 valence electrons. The maximum absolute atomic E-state index is 5.76. The van der Waals surface area contributed by atoms with Crippen molar-refractivity contribution < 1.29 is 4.74 Å². The van der Waals surface area contributed by atoms with Crippen molar-refractivity contribution in [2.75, 3.05) is 0 Å². The summed E-state index contributed by atoms with van der Waals surface area (Å²) in [7, 11) is 0. The lowest BCUT2D eigenvalue weighted by Gasteiger charge is -2.04. The first-order valence-corrected chi connectivity index (χ1v) is 5.50. The lowest BCUT2D eigenvalue weighted by Crippen LogP contribution is -2.12. The number of halogens is 1. The average molecular weight is 266 g/mol. The predicted molar refractivity (Wildman–Crippen MR) is 69.4 cm³/mol. The topological polar surface area (TPSA) is 61.0 Å². The van der Waals surface area contributed by atoms with Gasteiger partial charge in [-0.15, -0.1) is 0 Å². The molecule has 1 aromatic carbocycles. The van der Waals surface area contributed by atoms with Gasteiger partial charge in [0.15, 0.2) is 0 Å². The summed E-state index contributed by atoms with van der Waals surface area (Å²) in [6.45, 7) is 0. The third kappa shape index (κ3) is 3.12. The van der Waals surface area contributed by atoms with E-state index < -0.39 is 0 Å². The van der Waals surface area contributed by atoms with Crippen LogP contribution in [-0.4, -0.2) is 15.0 Å². The molecule has 0 aliphatic rings. The minimum atomic E-state index is 0.192. The number of benzene rings is 1. The Morgan fingerprint density at radius 1 is 1.24 bits per heavy atom. The molecule has 2 rings (SSSR count). The largest absolute Gasteiger partial charge is 0.424 e. The third-order valence-electron chi connectivity index (χ3n) is 1.91. The second kappa shape index (κ2) is 5.07. The summed E-state index contributed by atoms with van der Waals surface area (Å²) in [5.74, 6) is 0.592. The number of thiocarbonyl (C=S) groups is 1. The van der Waals surface area contributed by atoms with Gasteiger partial charge in [-0.2, -0.15) is 4.98 Å². The Balaban J connectivity index is 2.21. The molecule has 0 aliphatic carbocycles. The Morgan fingerprint density at radius 3 is 2.59 bits per heavy atom. The van der Waals surface area contributed by atoms with Crippen molar-refractivity contribution in [2.24, 2.45) is 5.73 Å². The predicted octanol–water partition coefficient (Wildman–Crippen LogP) is 2.56. The summed E-state index contributed by atoms with van der Waals surface area (Å²) >= 11 is 10.6. The highest BCUT2D eigenvalue weighted by Crippen LogP contribution is 2.20. The number of aromatic nitrogens is 2. The molecular formula is C11H8ClN3OS. The zero-order valence-electron chi connectivity index (χ0n) is 8.63. The number of hydrogen-bond donors (Lipinski definition) is 1. The molecule has 4 nitrogen and oxygen atoms in total. The lowest BCUT2D eigenvalue weighted by molar-refractivity contribution is 0.441. The Labute approximate surface area is 108 Å². The molecule has 1 aromatic heterocycles. The fourth-order valence-electron chi connectivity index (χ4n) is 1.14. The summed E-state index contributed by atoms with van der Waals surface area (Å²) in [6, 6.07) is 8.69. The lowest BCUT2D eigenvalue weighted by atomic mass is 10.3. The van der Waals surface area contributed by atoms with Crippen LogP contribution in [0, 0.1) is 0 Å². The molecule has 0 aliphatic heterocycles. The van der Waals surface area contributed by atoms with Gasteiger partial charge in [0.1, 0.15) is 16.4 Å². The first-order chi connectivity index (χ1) is 8.15. The zero-order valence-corrected chi connectivity index (χ0v) is 10.2. The van der Waals surface area contributed by atoms with Crippen molar-refractivity contribution >= 4 is 28.8 Å². The van der Waals surface area contributed by atoms with E-state index in [1.807, 2.05) is 0 Å². The van der Waals surface area contributed by atoms with E-state index >= 15 is 0 Å². The van der Waals surface area contributed by atoms with Gasteiger partial charge < -0.3 is 10.5 Å². The van der Waals surface area contributed by atoms with E-state index in [0.29, 0.717) is 16.5 Å². The van der Waals surface area contributed by atoms with Gasteiger partial charge >= 0.3 is 6.01 Å². The first-order valence-electron chi connectivity index (χ1n) is 4.71. The van der Waals surface area contributed by atoms with E-state index in [9.17, 15) is 0 Å². The fraction of sp³-hybridized carbons (Fsp3) is 0. The van der Waals surface area contributed by atoms with Crippen LogP contribution in [0.5, 0.6) is 11.8 Å². The number of nitrogens with two attached hydrogens (primary N) is 1. The fourth-order valence-corrected chi connectivity index (χ4v) is 1.37. The highest BCUT2D eigenvalue weighted by molar-refractivity contribution is 7.80. The minimum absolute atomic E-state index is 0.192. The Morgan fingerprint density at radius 2 is 1.94 bits per heavy atom. The normalized spacial score (nSPS) is 9.94. The van der Waals surface area contributed by atoms with Crippen molar-refractivity contribution in [2.45, 2.75) is 0 Å². The van der Waals surface area contributed by atoms with Crippen molar-refractivity contribution in [1.29, 1.82) is 0 Å². The van der Waals surface area contributed by atoms with Crippen LogP contribution < -0.4 is 10.5 Å². The SMILES string of the molecule is NC(=S)c1ccnc(Oc2ccc(Cl)cc2)n1. The number of rotatable bonds is 3. The van der Waals surface area contributed by atoms with Crippen LogP contribution in [0.2, 0.25) is 5.02 Å². The Bertz CT molecular complexity index is 545. The van der Waals surface area contributed by atoms with Crippen molar-refractivity contribution in [3.8, 4) is 11.8 Å². The van der Waals surface area contributed by atoms with Crippen LogP contribution in [0.25, 0.3) is 0 Å². The second-order valence-electron chi connectivity index (χ2n) is 3.14. The molecular weight excluding hydrogens is 258 g/mol. The maximum Gasteiger partial charge on any atom is 0.322 e. The van der Waals surface area contributed by atoms with Gasteiger partial charge in [0.2, 0.25) is 0 Å². The maximum atomic E-state index is 5.76. The quantitative estimate of drug-likeness (QED) is 0.865. The summed E-state index contributed by atoms with van der Waals surface area (Å²) in [5, 5.41) is 0.634. The molecule has 0 radical (unpaired) electrons. The van der Waals surface area contributed by atoms with Crippen LogP contribution in [0.15, 0.2) is 36.5 Å². The van der Waals surface area contributed by atoms with Gasteiger partial charge in [-0.3, -0.25) is 0 Å². The Hall–Kier alpha value is -1.72. The van der Waals surface area contributed by atoms with Gasteiger partial charge in [-0.25, -0.2) is 4.98 Å². The number of ether oxygens (including phenoxy) is 1. The van der Waals surface area contributed by atoms with E-state index in [4.69, 9.17) is 34.3 Å². The molecule has 0 saturated heterocycles. The highest BCUT2D eigenvalue weighted by Gasteiger charge is 2.03. The van der Waals surface area contributed by atoms with E-state index in [2.05, 4.69) is 9.97 Å². The van der Waals surface area contributed by atoms with Crippen LogP contribution >= 0.6 is 23.8 Å². The summed E-state index contributed by atoms with van der Waals surface area (Å²) < 4.78 is 5.43. The van der Waals surface area contributed by atoms with E-state index in [1.165, 1.54) is 6.20 Å². The smallest absolute Gasteiger partial charge is 0.322 e. The minimum Gasteiger partial charge on any atom is -0.424 e. The molecule has 0 atom stereocenters. The van der Waals surface area contributed by atoms with Crippen LogP contribution in [-0.2, 0) is 0 Å². The van der Waals surface area contributed by atoms with Crippen LogP contribution in [0.1, 0.15) is 5.69 Å². The van der Waals surface area contributed by atoms with Gasteiger partial charge in [0, 0.05) is 11.2 Å². The van der Waals surface area contributed by atoms with Crippen LogP contribution in [0.3, 0.4) is 0 Å². The van der Waals surface area contributed by atoms with Gasteiger partial charge in [-0.1, -0.05) is 23.8 Å². The Kier molecular flexibility index (Phi) is 3.51. The number of hydrogen-bond acceptors (Lipinski definition) is 4. The van der Waals surface area contributed by atoms with Gasteiger partial charge in [0.05, 0.1) is 0 Å². The molecule has 0 amide bonds. The molecule has 6 heteroatoms. The van der Waals surface area contributed by atoms with E-state index in [1.54, 1.807) is 30.3 Å². The summed E-state index contributed by atoms with van der Waals surface area (Å²) in [5.41, 5.74) is 5.94. The van der Waals surface area contributed by atoms with Gasteiger partial charge in [-0.05, 0) is 30.3 Å². The zero-order chi connectivity index (χ0) is 12.3. The van der Waals surface area contributed by atoms with Crippen LogP contribution in [0.4, 0.5) is 0 Å². The third-order valence-corrected chi connectivity index (χ3v) is 2.37. The first kappa shape index (κ1) is 11.8. The molecule has 0 saturated carbocycles. The highest BCUT2D eigenvalue weighted by atomic mass is 35.5. The standard InChI is InChI=1S/C11H8ClN3OS/c12-7-1-3-8(4-2-7)16-11-14-6-5-9(15-11)10(13)17/h1-6H,(H2,13,17). The van der Waals surface area contributed by atoms with Crippen molar-refractivity contribution in [1.82, 2.24) is 9.97 Å². The molecule has 0 unspecified atom stereocenters. The van der Waals surface area contributed by atoms with Crippen molar-refractivity contribution in [3.63, 3.8) is 0 Å². The molecule has 0 spiro atoms. The summed E-state index contributed by atoms with van der Waals surface area (Å²) in [4.78, 5) is 8.22. The second-order valence-corrected chi connectivity index (χ2v) is 4.02. The monoisotopic (exact) mass is 265 g/mol. The molecule has 1 heterocycles. The van der Waals surface area contributed by atoms with E-state index in [-0.39, 0.29) is 11.0 Å². The summed E-state index contributed by atoms with van der Waals surface area (Å²) in [6.07, 6.45) is 1.53. The number of nitrogens with zero attached hydrogens (tertiary/aromatic N) is 2. The molecule has 17 heavy (non-hydrogen) atoms.